The fraction of sp³-hybridized carbons (Fsp3) is 0.235. The van der Waals surface area contributed by atoms with E-state index in [9.17, 15) is 9.59 Å². The molecule has 0 spiro atoms. The van der Waals surface area contributed by atoms with E-state index in [1.165, 1.54) is 0 Å². The van der Waals surface area contributed by atoms with Gasteiger partial charge in [0, 0.05) is 72.1 Å². The number of aromatic nitrogens is 2. The predicted molar refractivity (Wildman–Crippen MR) is 163 cm³/mol. The van der Waals surface area contributed by atoms with Crippen LogP contribution in [0.2, 0.25) is 0 Å². The molecule has 0 saturated carbocycles. The molecule has 42 heavy (non-hydrogen) atoms. The summed E-state index contributed by atoms with van der Waals surface area (Å²) in [7, 11) is 0. The first-order chi connectivity index (χ1) is 20.7. The van der Waals surface area contributed by atoms with Crippen LogP contribution >= 0.6 is 0 Å². The first kappa shape index (κ1) is 26.3. The Morgan fingerprint density at radius 3 is 2.40 bits per heavy atom. The van der Waals surface area contributed by atoms with Crippen LogP contribution in [0.25, 0.3) is 33.0 Å². The third-order valence-electron chi connectivity index (χ3n) is 8.14. The summed E-state index contributed by atoms with van der Waals surface area (Å²) in [5, 5.41) is 4.37. The number of ether oxygens (including phenoxy) is 2. The highest BCUT2D eigenvalue weighted by molar-refractivity contribution is 6.50. The predicted octanol–water partition coefficient (Wildman–Crippen LogP) is 4.99. The van der Waals surface area contributed by atoms with E-state index in [0.717, 1.165) is 90.1 Å². The Balaban J connectivity index is 1.29. The van der Waals surface area contributed by atoms with Crippen molar-refractivity contribution in [2.75, 3.05) is 32.8 Å². The Bertz CT molecular complexity index is 1810. The molecule has 0 unspecified atom stereocenters. The highest BCUT2D eigenvalue weighted by Gasteiger charge is 2.35. The Labute approximate surface area is 243 Å². The van der Waals surface area contributed by atoms with Crippen molar-refractivity contribution in [2.24, 2.45) is 0 Å². The minimum atomic E-state index is -0.379. The number of H-pyrrole nitrogens is 1. The van der Waals surface area contributed by atoms with Crippen molar-refractivity contribution >= 4 is 44.8 Å². The Morgan fingerprint density at radius 1 is 0.810 bits per heavy atom. The van der Waals surface area contributed by atoms with Crippen molar-refractivity contribution < 1.29 is 19.1 Å². The Morgan fingerprint density at radius 2 is 1.57 bits per heavy atom. The minimum Gasteiger partial charge on any atom is -0.489 e. The van der Waals surface area contributed by atoms with Gasteiger partial charge in [-0.25, -0.2) is 0 Å². The number of carbonyl (C=O) groups is 2. The zero-order valence-corrected chi connectivity index (χ0v) is 23.3. The largest absolute Gasteiger partial charge is 0.489 e. The van der Waals surface area contributed by atoms with Gasteiger partial charge in [-0.1, -0.05) is 48.5 Å². The number of hydrogen-bond acceptors (Lipinski definition) is 5. The number of morpholine rings is 1. The number of hydrogen-bond donors (Lipinski definition) is 2. The fourth-order valence-electron chi connectivity index (χ4n) is 6.02. The van der Waals surface area contributed by atoms with E-state index in [2.05, 4.69) is 19.8 Å². The quantitative estimate of drug-likeness (QED) is 0.248. The lowest BCUT2D eigenvalue weighted by Crippen LogP contribution is -2.37. The Kier molecular flexibility index (Phi) is 7.07. The average molecular weight is 561 g/mol. The highest BCUT2D eigenvalue weighted by Crippen LogP contribution is 2.39. The third-order valence-corrected chi connectivity index (χ3v) is 8.14. The molecular formula is C34H32N4O4. The molecule has 0 atom stereocenters. The second-order valence-electron chi connectivity index (χ2n) is 10.8. The second-order valence-corrected chi connectivity index (χ2v) is 10.8. The van der Waals surface area contributed by atoms with Gasteiger partial charge in [0.05, 0.1) is 29.9 Å². The van der Waals surface area contributed by atoms with Crippen molar-refractivity contribution in [3.63, 3.8) is 0 Å². The summed E-state index contributed by atoms with van der Waals surface area (Å²) < 4.78 is 13.9. The van der Waals surface area contributed by atoms with Gasteiger partial charge in [-0.05, 0) is 30.2 Å². The van der Waals surface area contributed by atoms with Crippen LogP contribution in [0.1, 0.15) is 23.1 Å². The van der Waals surface area contributed by atoms with Crippen LogP contribution in [0, 0.1) is 0 Å². The van der Waals surface area contributed by atoms with Gasteiger partial charge >= 0.3 is 0 Å². The number of amides is 2. The molecule has 2 aliphatic rings. The maximum absolute atomic E-state index is 13.4. The number of benzene rings is 3. The van der Waals surface area contributed by atoms with E-state index in [4.69, 9.17) is 9.47 Å². The average Bonchev–Trinajstić information content (AvgIpc) is 3.69. The first-order valence-electron chi connectivity index (χ1n) is 14.4. The van der Waals surface area contributed by atoms with Crippen LogP contribution < -0.4 is 10.1 Å². The minimum absolute atomic E-state index is 0.378. The molecule has 4 heterocycles. The molecule has 5 aromatic rings. The smallest absolute Gasteiger partial charge is 0.259 e. The summed E-state index contributed by atoms with van der Waals surface area (Å²) in [5.41, 5.74) is 5.24. The molecule has 2 amide bonds. The summed E-state index contributed by atoms with van der Waals surface area (Å²) in [5.74, 6) is -0.00366. The Hall–Kier alpha value is -4.66. The van der Waals surface area contributed by atoms with Crippen LogP contribution in [0.5, 0.6) is 5.75 Å². The lowest BCUT2D eigenvalue weighted by molar-refractivity contribution is -0.122. The topological polar surface area (TPSA) is 88.6 Å². The van der Waals surface area contributed by atoms with Gasteiger partial charge in [0.15, 0.2) is 0 Å². The summed E-state index contributed by atoms with van der Waals surface area (Å²) in [6.45, 7) is 5.62. The number of nitrogens with one attached hydrogen (secondary N) is 2. The number of nitrogens with zero attached hydrogens (tertiary/aromatic N) is 2. The van der Waals surface area contributed by atoms with Crippen molar-refractivity contribution in [1.29, 1.82) is 0 Å². The molecule has 0 radical (unpaired) electrons. The molecule has 212 valence electrons. The molecule has 1 saturated heterocycles. The zero-order valence-electron chi connectivity index (χ0n) is 23.3. The van der Waals surface area contributed by atoms with Crippen LogP contribution in [-0.2, 0) is 27.5 Å². The lowest BCUT2D eigenvalue weighted by Gasteiger charge is -2.26. The maximum Gasteiger partial charge on any atom is 0.259 e. The maximum atomic E-state index is 13.4. The number of fused-ring (bicyclic) bond motifs is 2. The number of rotatable bonds is 9. The van der Waals surface area contributed by atoms with Gasteiger partial charge in [0.1, 0.15) is 12.4 Å². The summed E-state index contributed by atoms with van der Waals surface area (Å²) in [6.07, 6.45) is 4.78. The third kappa shape index (κ3) is 5.00. The SMILES string of the molecule is O=C1NC(=O)C(c2cn(CCCN3CCOCC3)c3cc(OCc4ccccc4)ccc23)=C1c1c[nH]c2ccccc12. The summed E-state index contributed by atoms with van der Waals surface area (Å²) >= 11 is 0. The molecule has 1 fully saturated rings. The molecule has 0 aliphatic carbocycles. The molecule has 0 bridgehead atoms. The number of carbonyl (C=O) groups excluding carboxylic acids is 2. The standard InChI is InChI=1S/C34H32N4O4/c39-33-31(27-20-35-29-10-5-4-9-25(27)29)32(34(40)36-33)28-21-38(14-6-13-37-15-17-41-18-16-37)30-19-24(11-12-26(28)30)42-22-23-7-2-1-3-8-23/h1-5,7-12,19-21,35H,6,13-18,22H2,(H,36,39,40). The lowest BCUT2D eigenvalue weighted by atomic mass is 9.95. The van der Waals surface area contributed by atoms with E-state index in [1.807, 2.05) is 85.2 Å². The molecule has 8 heteroatoms. The van der Waals surface area contributed by atoms with Crippen LogP contribution in [0.3, 0.4) is 0 Å². The van der Waals surface area contributed by atoms with Gasteiger partial charge in [-0.3, -0.25) is 19.8 Å². The van der Waals surface area contributed by atoms with Crippen molar-refractivity contribution in [2.45, 2.75) is 19.6 Å². The van der Waals surface area contributed by atoms with Crippen molar-refractivity contribution in [1.82, 2.24) is 19.8 Å². The van der Waals surface area contributed by atoms with Crippen LogP contribution in [0.15, 0.2) is 85.2 Å². The monoisotopic (exact) mass is 560 g/mol. The van der Waals surface area contributed by atoms with Gasteiger partial charge in [0.25, 0.3) is 11.8 Å². The molecule has 2 aliphatic heterocycles. The van der Waals surface area contributed by atoms with Crippen molar-refractivity contribution in [3.8, 4) is 5.75 Å². The second kappa shape index (κ2) is 11.3. The van der Waals surface area contributed by atoms with Gasteiger partial charge < -0.3 is 19.0 Å². The number of para-hydroxylation sites is 1. The van der Waals surface area contributed by atoms with E-state index < -0.39 is 0 Å². The van der Waals surface area contributed by atoms with E-state index in [-0.39, 0.29) is 11.8 Å². The van der Waals surface area contributed by atoms with Gasteiger partial charge in [-0.2, -0.15) is 0 Å². The number of aryl methyl sites for hydroxylation is 1. The van der Waals surface area contributed by atoms with E-state index in [1.54, 1.807) is 0 Å². The van der Waals surface area contributed by atoms with E-state index in [0.29, 0.717) is 17.8 Å². The summed E-state index contributed by atoms with van der Waals surface area (Å²) in [4.78, 5) is 32.3. The molecular weight excluding hydrogens is 528 g/mol. The van der Waals surface area contributed by atoms with E-state index >= 15 is 0 Å². The van der Waals surface area contributed by atoms with Crippen molar-refractivity contribution in [3.05, 3.63) is 102 Å². The molecule has 2 aromatic heterocycles. The van der Waals surface area contributed by atoms with Gasteiger partial charge in [0.2, 0.25) is 0 Å². The van der Waals surface area contributed by atoms with Crippen LogP contribution in [0.4, 0.5) is 0 Å². The number of aromatic amines is 1. The zero-order chi connectivity index (χ0) is 28.5. The summed E-state index contributed by atoms with van der Waals surface area (Å²) in [6, 6.07) is 23.9. The molecule has 8 nitrogen and oxygen atoms in total. The fourth-order valence-corrected chi connectivity index (χ4v) is 6.02. The molecule has 7 rings (SSSR count). The van der Waals surface area contributed by atoms with Crippen LogP contribution in [-0.4, -0.2) is 59.1 Å². The van der Waals surface area contributed by atoms with Gasteiger partial charge in [-0.15, -0.1) is 0 Å². The molecule has 3 aromatic carbocycles. The molecule has 2 N–H and O–H groups in total. The number of imide groups is 1. The highest BCUT2D eigenvalue weighted by atomic mass is 16.5. The normalized spacial score (nSPS) is 16.1. The first-order valence-corrected chi connectivity index (χ1v) is 14.4.